The van der Waals surface area contributed by atoms with Crippen molar-refractivity contribution < 1.29 is 56.0 Å². The van der Waals surface area contributed by atoms with Crippen molar-refractivity contribution in [2.24, 2.45) is 0 Å². The number of hydrogen-bond acceptors (Lipinski definition) is 16. The molecule has 0 aliphatic carbocycles. The summed E-state index contributed by atoms with van der Waals surface area (Å²) in [5.41, 5.74) is 7.23. The molecule has 5 N–H and O–H groups in total. The molecule has 0 spiro atoms. The van der Waals surface area contributed by atoms with Crippen molar-refractivity contribution in [2.45, 2.75) is 56.1 Å². The Morgan fingerprint density at radius 1 is 0.841 bits per heavy atom. The standard InChI is InChI=1S/C21H24FN9O11P2/c1-8-12-18(26-4-24-8)31(6-28-12)21-16-11(22)9(39-21)2-37-43(33,34)41-15-10(3-38-44(35,36)42-16)40-20(14(15)32)30-7-29-13-17(23)25-5-27-19(13)30/h4-7,9-11,14-16,20-21,32H,2-3H2,1H3,(H,33,34)(H,35,36)(H2,23,25,27)/t9-,10-,11?,14?,15-,16-,20-,21-/m1/s1. The molecule has 7 rings (SSSR count). The smallest absolute Gasteiger partial charge is 0.386 e. The number of hydrogen-bond donors (Lipinski definition) is 4. The second kappa shape index (κ2) is 10.8. The van der Waals surface area contributed by atoms with E-state index in [0.717, 1.165) is 6.33 Å². The number of anilines is 1. The molecule has 0 saturated carbocycles. The highest BCUT2D eigenvalue weighted by atomic mass is 31.2. The number of halogens is 1. The first-order chi connectivity index (χ1) is 20.9. The number of aryl methyl sites for hydroxylation is 1. The Bertz CT molecular complexity index is 1830. The molecule has 20 nitrogen and oxygen atoms in total. The molecule has 3 fully saturated rings. The number of phosphoric acid groups is 2. The first-order valence-corrected chi connectivity index (χ1v) is 15.9. The second-order valence-electron chi connectivity index (χ2n) is 10.1. The zero-order valence-corrected chi connectivity index (χ0v) is 24.2. The van der Waals surface area contributed by atoms with Crippen molar-refractivity contribution in [2.75, 3.05) is 18.9 Å². The average molecular weight is 659 g/mol. The molecule has 4 unspecified atom stereocenters. The third-order valence-electron chi connectivity index (χ3n) is 7.36. The van der Waals surface area contributed by atoms with E-state index < -0.39 is 78.0 Å². The molecule has 0 aromatic carbocycles. The minimum absolute atomic E-state index is 0.0441. The Morgan fingerprint density at radius 3 is 2.14 bits per heavy atom. The van der Waals surface area contributed by atoms with Gasteiger partial charge in [0.1, 0.15) is 54.2 Å². The number of ether oxygens (including phenoxy) is 2. The van der Waals surface area contributed by atoms with E-state index >= 15 is 4.39 Å². The van der Waals surface area contributed by atoms with E-state index in [9.17, 15) is 24.0 Å². The summed E-state index contributed by atoms with van der Waals surface area (Å²) in [7, 11) is -10.2. The van der Waals surface area contributed by atoms with Crippen molar-refractivity contribution in [3.05, 3.63) is 31.0 Å². The molecule has 4 aromatic rings. The quantitative estimate of drug-likeness (QED) is 0.207. The number of nitrogen functional groups attached to an aromatic ring is 1. The van der Waals surface area contributed by atoms with Gasteiger partial charge in [0.2, 0.25) is 0 Å². The van der Waals surface area contributed by atoms with Gasteiger partial charge in [-0.25, -0.2) is 43.4 Å². The molecule has 23 heteroatoms. The Hall–Kier alpha value is -3.07. The number of fused-ring (bicyclic) bond motifs is 5. The zero-order chi connectivity index (χ0) is 31.0. The summed E-state index contributed by atoms with van der Waals surface area (Å²) in [5, 5.41) is 11.1. The zero-order valence-electron chi connectivity index (χ0n) is 22.4. The topological polar surface area (TPSA) is 263 Å². The van der Waals surface area contributed by atoms with Gasteiger partial charge in [-0.3, -0.25) is 27.2 Å². The maximum atomic E-state index is 15.7. The predicted octanol–water partition coefficient (Wildman–Crippen LogP) is 0.0686. The monoisotopic (exact) mass is 659 g/mol. The van der Waals surface area contributed by atoms with E-state index in [4.69, 9.17) is 33.3 Å². The lowest BCUT2D eigenvalue weighted by atomic mass is 10.1. The fraction of sp³-hybridized carbons (Fsp3) is 0.524. The summed E-state index contributed by atoms with van der Waals surface area (Å²) >= 11 is 0. The third-order valence-corrected chi connectivity index (χ3v) is 9.33. The fourth-order valence-corrected chi connectivity index (χ4v) is 7.18. The van der Waals surface area contributed by atoms with Crippen LogP contribution in [-0.4, -0.2) is 104 Å². The lowest BCUT2D eigenvalue weighted by Gasteiger charge is -2.25. The summed E-state index contributed by atoms with van der Waals surface area (Å²) in [5.74, 6) is 0.0441. The van der Waals surface area contributed by atoms with E-state index in [1.165, 1.54) is 28.1 Å². The molecular formula is C21H24FN9O11P2. The van der Waals surface area contributed by atoms with Crippen LogP contribution in [-0.2, 0) is 36.7 Å². The summed E-state index contributed by atoms with van der Waals surface area (Å²) in [6.07, 6.45) is -8.27. The SMILES string of the molecule is Cc1ncnc2c1ncn2[C@@H]1O[C@@H]2COP(=O)(O)O[C@H]3C(O)[C@H](n4cnc5c(N)ncnc54)O[C@@H]3COP(=O)(O)O[C@@H]1C2F. The van der Waals surface area contributed by atoms with E-state index in [1.54, 1.807) is 6.92 Å². The normalized spacial score (nSPS) is 38.3. The number of nitrogens with two attached hydrogens (primary N) is 1. The summed E-state index contributed by atoms with van der Waals surface area (Å²) < 4.78 is 76.7. The van der Waals surface area contributed by atoms with E-state index in [1.807, 2.05) is 0 Å². The van der Waals surface area contributed by atoms with Gasteiger partial charge >= 0.3 is 15.6 Å². The van der Waals surface area contributed by atoms with Crippen LogP contribution in [0.15, 0.2) is 25.3 Å². The number of phosphoric ester groups is 2. The Kier molecular flexibility index (Phi) is 7.26. The van der Waals surface area contributed by atoms with E-state index in [2.05, 4.69) is 29.9 Å². The molecular weight excluding hydrogens is 635 g/mol. The average Bonchev–Trinajstić information content (AvgIpc) is 3.73. The van der Waals surface area contributed by atoms with Crippen LogP contribution >= 0.6 is 15.6 Å². The van der Waals surface area contributed by atoms with E-state index in [-0.39, 0.29) is 22.6 Å². The number of aliphatic hydroxyl groups is 1. The van der Waals surface area contributed by atoms with E-state index in [0.29, 0.717) is 11.2 Å². The van der Waals surface area contributed by atoms with Crippen LogP contribution in [0.3, 0.4) is 0 Å². The van der Waals surface area contributed by atoms with Crippen LogP contribution in [0.5, 0.6) is 0 Å². The lowest BCUT2D eigenvalue weighted by Crippen LogP contribution is -2.36. The fourth-order valence-electron chi connectivity index (χ4n) is 5.29. The van der Waals surface area contributed by atoms with Crippen LogP contribution in [0.1, 0.15) is 18.1 Å². The molecule has 3 aliphatic heterocycles. The summed E-state index contributed by atoms with van der Waals surface area (Å²) in [6, 6.07) is 0. The first-order valence-electron chi connectivity index (χ1n) is 12.9. The van der Waals surface area contributed by atoms with Crippen molar-refractivity contribution >= 4 is 43.8 Å². The van der Waals surface area contributed by atoms with Crippen molar-refractivity contribution in [3.8, 4) is 0 Å². The molecule has 0 radical (unpaired) electrons. The first kappa shape index (κ1) is 29.6. The number of nitrogens with zero attached hydrogens (tertiary/aromatic N) is 8. The maximum Gasteiger partial charge on any atom is 0.472 e. The third kappa shape index (κ3) is 5.09. The van der Waals surface area contributed by atoms with Gasteiger partial charge in [0.05, 0.1) is 31.6 Å². The predicted molar refractivity (Wildman–Crippen MR) is 140 cm³/mol. The highest BCUT2D eigenvalue weighted by Crippen LogP contribution is 2.54. The lowest BCUT2D eigenvalue weighted by molar-refractivity contribution is -0.0671. The number of aliphatic hydroxyl groups excluding tert-OH is 1. The van der Waals surface area contributed by atoms with Crippen LogP contribution in [0.2, 0.25) is 0 Å². The summed E-state index contributed by atoms with van der Waals surface area (Å²) in [4.78, 5) is 45.6. The molecule has 236 valence electrons. The highest BCUT2D eigenvalue weighted by molar-refractivity contribution is 7.47. The highest BCUT2D eigenvalue weighted by Gasteiger charge is 2.54. The Morgan fingerprint density at radius 2 is 1.41 bits per heavy atom. The largest absolute Gasteiger partial charge is 0.472 e. The van der Waals surface area contributed by atoms with Gasteiger partial charge < -0.3 is 30.1 Å². The minimum atomic E-state index is -5.10. The minimum Gasteiger partial charge on any atom is -0.386 e. The number of imidazole rings is 2. The molecule has 3 saturated heterocycles. The molecule has 4 aromatic heterocycles. The van der Waals surface area contributed by atoms with Gasteiger partial charge in [0, 0.05) is 0 Å². The van der Waals surface area contributed by atoms with Gasteiger partial charge in [-0.1, -0.05) is 0 Å². The van der Waals surface area contributed by atoms with Crippen LogP contribution in [0, 0.1) is 6.92 Å². The van der Waals surface area contributed by atoms with Crippen LogP contribution in [0.4, 0.5) is 10.2 Å². The molecule has 3 aliphatic rings. The number of alkyl halides is 1. The summed E-state index contributed by atoms with van der Waals surface area (Å²) in [6.45, 7) is -0.0117. The second-order valence-corrected chi connectivity index (χ2v) is 12.9. The van der Waals surface area contributed by atoms with Gasteiger partial charge in [-0.05, 0) is 6.92 Å². The molecule has 44 heavy (non-hydrogen) atoms. The van der Waals surface area contributed by atoms with Gasteiger partial charge in [-0.15, -0.1) is 0 Å². The molecule has 10 atom stereocenters. The Labute approximate surface area is 245 Å². The molecule has 7 heterocycles. The number of rotatable bonds is 2. The van der Waals surface area contributed by atoms with Crippen LogP contribution < -0.4 is 5.73 Å². The van der Waals surface area contributed by atoms with Crippen molar-refractivity contribution in [1.82, 2.24) is 39.0 Å². The van der Waals surface area contributed by atoms with Crippen LogP contribution in [0.25, 0.3) is 22.3 Å². The molecule has 2 bridgehead atoms. The molecule has 0 amide bonds. The number of aromatic nitrogens is 8. The Balaban J connectivity index is 1.20. The van der Waals surface area contributed by atoms with Gasteiger partial charge in [0.15, 0.2) is 35.7 Å². The van der Waals surface area contributed by atoms with Gasteiger partial charge in [0.25, 0.3) is 0 Å². The van der Waals surface area contributed by atoms with Crippen molar-refractivity contribution in [1.29, 1.82) is 0 Å². The van der Waals surface area contributed by atoms with Crippen molar-refractivity contribution in [3.63, 3.8) is 0 Å². The van der Waals surface area contributed by atoms with Gasteiger partial charge in [-0.2, -0.15) is 0 Å². The maximum absolute atomic E-state index is 15.7.